The average Bonchev–Trinajstić information content (AvgIpc) is 2.66. The number of rotatable bonds is 4. The Bertz CT molecular complexity index is 641. The number of piperidine rings is 2. The third-order valence-electron chi connectivity index (χ3n) is 5.92. The topological polar surface area (TPSA) is 70.1 Å². The van der Waals surface area contributed by atoms with Crippen molar-refractivity contribution in [2.24, 2.45) is 5.92 Å². The lowest BCUT2D eigenvalue weighted by Crippen LogP contribution is -2.59. The van der Waals surface area contributed by atoms with Gasteiger partial charge in [0.25, 0.3) is 0 Å². The number of carbonyl (C=O) groups excluding carboxylic acids is 1. The fourth-order valence-corrected chi connectivity index (χ4v) is 4.59. The summed E-state index contributed by atoms with van der Waals surface area (Å²) in [5.41, 5.74) is 0.924. The van der Waals surface area contributed by atoms with Gasteiger partial charge in [-0.25, -0.2) is 4.79 Å². The number of nitrogens with zero attached hydrogens (tertiary/aromatic N) is 2. The smallest absolute Gasteiger partial charge is 0.410 e. The lowest BCUT2D eigenvalue weighted by Gasteiger charge is -2.48. The van der Waals surface area contributed by atoms with Gasteiger partial charge in [-0.2, -0.15) is 0 Å². The number of benzene rings is 1. The van der Waals surface area contributed by atoms with Crippen molar-refractivity contribution in [3.63, 3.8) is 0 Å². The molecule has 2 aliphatic heterocycles. The summed E-state index contributed by atoms with van der Waals surface area (Å²) in [7, 11) is 0. The fraction of sp³-hybridized carbons (Fsp3) is 0.619. The van der Waals surface area contributed by atoms with Crippen molar-refractivity contribution >= 4 is 12.1 Å². The number of carboxylic acids is 1. The molecule has 0 spiro atoms. The maximum atomic E-state index is 12.6. The third-order valence-corrected chi connectivity index (χ3v) is 5.92. The normalized spacial score (nSPS) is 29.3. The molecule has 1 aromatic rings. The number of carboxylic acid groups (broad SMARTS) is 1. The highest BCUT2D eigenvalue weighted by Crippen LogP contribution is 2.31. The second-order valence-corrected chi connectivity index (χ2v) is 7.95. The second-order valence-electron chi connectivity index (χ2n) is 7.95. The van der Waals surface area contributed by atoms with Crippen LogP contribution in [0.1, 0.15) is 45.1 Å². The monoisotopic (exact) mass is 374 g/mol. The van der Waals surface area contributed by atoms with Gasteiger partial charge in [0.05, 0.1) is 5.92 Å². The van der Waals surface area contributed by atoms with E-state index in [1.165, 1.54) is 6.42 Å². The molecule has 0 bridgehead atoms. The van der Waals surface area contributed by atoms with Crippen LogP contribution >= 0.6 is 0 Å². The highest BCUT2D eigenvalue weighted by atomic mass is 16.6. The number of hydrogen-bond donors (Lipinski definition) is 1. The maximum Gasteiger partial charge on any atom is 0.410 e. The first-order valence-electron chi connectivity index (χ1n) is 9.91. The summed E-state index contributed by atoms with van der Waals surface area (Å²) in [6, 6.07) is 10.4. The highest BCUT2D eigenvalue weighted by molar-refractivity contribution is 5.73. The Morgan fingerprint density at radius 3 is 2.41 bits per heavy atom. The van der Waals surface area contributed by atoms with Crippen molar-refractivity contribution in [2.75, 3.05) is 13.1 Å². The molecule has 0 saturated carbocycles. The van der Waals surface area contributed by atoms with Gasteiger partial charge >= 0.3 is 12.1 Å². The fourth-order valence-electron chi connectivity index (χ4n) is 4.59. The van der Waals surface area contributed by atoms with Crippen LogP contribution in [0.25, 0.3) is 0 Å². The van der Waals surface area contributed by atoms with Gasteiger partial charge in [-0.3, -0.25) is 9.69 Å². The van der Waals surface area contributed by atoms with Crippen LogP contribution in [-0.4, -0.2) is 58.2 Å². The zero-order chi connectivity index (χ0) is 19.4. The Kier molecular flexibility index (Phi) is 6.37. The van der Waals surface area contributed by atoms with E-state index in [4.69, 9.17) is 4.74 Å². The van der Waals surface area contributed by atoms with E-state index in [1.54, 1.807) is 4.90 Å². The van der Waals surface area contributed by atoms with Crippen molar-refractivity contribution in [2.45, 2.75) is 64.3 Å². The second kappa shape index (κ2) is 8.74. The Hall–Kier alpha value is -2.08. The summed E-state index contributed by atoms with van der Waals surface area (Å²) in [5, 5.41) is 9.60. The Labute approximate surface area is 161 Å². The predicted molar refractivity (Wildman–Crippen MR) is 102 cm³/mol. The molecule has 2 aliphatic rings. The Morgan fingerprint density at radius 2 is 1.78 bits per heavy atom. The van der Waals surface area contributed by atoms with Gasteiger partial charge in [0.15, 0.2) is 0 Å². The zero-order valence-electron chi connectivity index (χ0n) is 16.2. The summed E-state index contributed by atoms with van der Waals surface area (Å²) in [6.07, 6.45) is 3.62. The molecule has 6 heteroatoms. The molecule has 2 unspecified atom stereocenters. The molecule has 148 valence electrons. The number of aliphatic carboxylic acids is 1. The van der Waals surface area contributed by atoms with E-state index in [-0.39, 0.29) is 19.2 Å². The summed E-state index contributed by atoms with van der Waals surface area (Å²) < 4.78 is 5.46. The Morgan fingerprint density at radius 1 is 1.11 bits per heavy atom. The molecule has 4 atom stereocenters. The first-order valence-corrected chi connectivity index (χ1v) is 9.91. The molecule has 3 rings (SSSR count). The van der Waals surface area contributed by atoms with Crippen molar-refractivity contribution in [1.82, 2.24) is 9.80 Å². The molecule has 1 amide bonds. The number of carbonyl (C=O) groups is 2. The van der Waals surface area contributed by atoms with Crippen LogP contribution in [0.5, 0.6) is 0 Å². The molecule has 0 aliphatic carbocycles. The predicted octanol–water partition coefficient (Wildman–Crippen LogP) is 3.36. The molecule has 27 heavy (non-hydrogen) atoms. The quantitative estimate of drug-likeness (QED) is 0.875. The summed E-state index contributed by atoms with van der Waals surface area (Å²) in [5.74, 6) is -1.38. The average molecular weight is 374 g/mol. The SMILES string of the molecule is C[C@@H]1CCC[C@H](C)N1C1CC(C(=O)O)CN(C(=O)OCc2ccccc2)C1. The number of amides is 1. The molecular formula is C21H30N2O4. The molecule has 2 heterocycles. The van der Waals surface area contributed by atoms with Crippen LogP contribution in [0.3, 0.4) is 0 Å². The minimum absolute atomic E-state index is 0.0643. The van der Waals surface area contributed by atoms with E-state index < -0.39 is 18.0 Å². The van der Waals surface area contributed by atoms with Crippen LogP contribution in [-0.2, 0) is 16.1 Å². The van der Waals surface area contributed by atoms with E-state index in [2.05, 4.69) is 18.7 Å². The van der Waals surface area contributed by atoms with Crippen LogP contribution in [0.2, 0.25) is 0 Å². The minimum atomic E-state index is -0.835. The van der Waals surface area contributed by atoms with E-state index in [0.29, 0.717) is 25.0 Å². The van der Waals surface area contributed by atoms with Gasteiger partial charge < -0.3 is 14.7 Å². The van der Waals surface area contributed by atoms with Gasteiger partial charge in [0.2, 0.25) is 0 Å². The first kappa shape index (κ1) is 19.7. The van der Waals surface area contributed by atoms with Crippen molar-refractivity contribution in [3.05, 3.63) is 35.9 Å². The van der Waals surface area contributed by atoms with Gasteiger partial charge in [-0.1, -0.05) is 36.8 Å². The summed E-state index contributed by atoms with van der Waals surface area (Å²) >= 11 is 0. The van der Waals surface area contributed by atoms with E-state index in [0.717, 1.165) is 18.4 Å². The number of ether oxygens (including phenoxy) is 1. The third kappa shape index (κ3) is 4.80. The van der Waals surface area contributed by atoms with Crippen molar-refractivity contribution in [3.8, 4) is 0 Å². The first-order chi connectivity index (χ1) is 13.0. The molecule has 2 fully saturated rings. The lowest BCUT2D eigenvalue weighted by atomic mass is 9.88. The number of likely N-dealkylation sites (tertiary alicyclic amines) is 2. The summed E-state index contributed by atoms with van der Waals surface area (Å²) in [4.78, 5) is 28.3. The maximum absolute atomic E-state index is 12.6. The van der Waals surface area contributed by atoms with Crippen molar-refractivity contribution in [1.29, 1.82) is 0 Å². The van der Waals surface area contributed by atoms with E-state index in [1.807, 2.05) is 30.3 Å². The highest BCUT2D eigenvalue weighted by Gasteiger charge is 2.40. The lowest BCUT2D eigenvalue weighted by molar-refractivity contribution is -0.145. The van der Waals surface area contributed by atoms with E-state index in [9.17, 15) is 14.7 Å². The molecule has 2 saturated heterocycles. The molecular weight excluding hydrogens is 344 g/mol. The molecule has 1 aromatic carbocycles. The van der Waals surface area contributed by atoms with Crippen LogP contribution in [0.15, 0.2) is 30.3 Å². The minimum Gasteiger partial charge on any atom is -0.481 e. The van der Waals surface area contributed by atoms with Crippen LogP contribution in [0, 0.1) is 5.92 Å². The largest absolute Gasteiger partial charge is 0.481 e. The van der Waals surface area contributed by atoms with Gasteiger partial charge in [0, 0.05) is 31.2 Å². The van der Waals surface area contributed by atoms with Gasteiger partial charge in [-0.15, -0.1) is 0 Å². The van der Waals surface area contributed by atoms with Crippen molar-refractivity contribution < 1.29 is 19.4 Å². The zero-order valence-corrected chi connectivity index (χ0v) is 16.2. The Balaban J connectivity index is 1.68. The number of hydrogen-bond acceptors (Lipinski definition) is 4. The molecule has 6 nitrogen and oxygen atoms in total. The van der Waals surface area contributed by atoms with Crippen LogP contribution in [0.4, 0.5) is 4.79 Å². The van der Waals surface area contributed by atoms with E-state index >= 15 is 0 Å². The van der Waals surface area contributed by atoms with Gasteiger partial charge in [-0.05, 0) is 38.7 Å². The standard InChI is InChI=1S/C21H30N2O4/c1-15-7-6-8-16(2)23(15)19-11-18(20(24)25)12-22(13-19)21(26)27-14-17-9-4-3-5-10-17/h3-5,9-10,15-16,18-19H,6-8,11-14H2,1-2H3,(H,24,25)/t15-,16+,18?,19?. The molecule has 0 radical (unpaired) electrons. The van der Waals surface area contributed by atoms with Gasteiger partial charge in [0.1, 0.15) is 6.61 Å². The summed E-state index contributed by atoms with van der Waals surface area (Å²) in [6.45, 7) is 5.37. The molecule has 1 N–H and O–H groups in total. The van der Waals surface area contributed by atoms with Crippen LogP contribution < -0.4 is 0 Å². The molecule has 0 aromatic heterocycles.